The van der Waals surface area contributed by atoms with Gasteiger partial charge in [-0.2, -0.15) is 0 Å². The lowest BCUT2D eigenvalue weighted by molar-refractivity contribution is -0.111. The molecule has 2 aromatic rings. The molecule has 2 amide bonds. The first kappa shape index (κ1) is 20.5. The molecule has 0 radical (unpaired) electrons. The van der Waals surface area contributed by atoms with E-state index in [2.05, 4.69) is 10.6 Å². The van der Waals surface area contributed by atoms with E-state index in [0.29, 0.717) is 17.9 Å². The van der Waals surface area contributed by atoms with E-state index in [1.54, 1.807) is 25.3 Å². The lowest BCUT2D eigenvalue weighted by Crippen LogP contribution is -2.22. The number of aryl methyl sites for hydroxylation is 1. The third-order valence-electron chi connectivity index (χ3n) is 4.73. The van der Waals surface area contributed by atoms with Crippen LogP contribution in [-0.4, -0.2) is 31.6 Å². The Morgan fingerprint density at radius 3 is 2.83 bits per heavy atom. The fourth-order valence-corrected chi connectivity index (χ4v) is 3.40. The molecular formula is C23H26N2O4. The fraction of sp³-hybridized carbons (Fsp3) is 0.304. The summed E-state index contributed by atoms with van der Waals surface area (Å²) >= 11 is 0. The van der Waals surface area contributed by atoms with Crippen molar-refractivity contribution in [2.24, 2.45) is 0 Å². The largest absolute Gasteiger partial charge is 0.493 e. The standard InChI is InChI=1S/C23H26N2O4/c1-5-28-19-13-17-11-15(3)29-20(17)12-16(19)9-10-21(26)25-18-8-6-7-14(2)22(18)23(27)24-4/h6-10,12-13,15H,5,11H2,1-4H3,(H,24,27)(H,25,26)/b10-9+. The molecule has 29 heavy (non-hydrogen) atoms. The number of carbonyl (C=O) groups excluding carboxylic acids is 2. The number of carbonyl (C=O) groups is 2. The number of anilines is 1. The van der Waals surface area contributed by atoms with E-state index in [0.717, 1.165) is 34.6 Å². The van der Waals surface area contributed by atoms with Crippen LogP contribution in [0.25, 0.3) is 6.08 Å². The van der Waals surface area contributed by atoms with Crippen molar-refractivity contribution >= 4 is 23.6 Å². The maximum atomic E-state index is 12.5. The maximum absolute atomic E-state index is 12.5. The summed E-state index contributed by atoms with van der Waals surface area (Å²) in [6.45, 7) is 6.30. The first-order valence-corrected chi connectivity index (χ1v) is 9.70. The Bertz CT molecular complexity index is 966. The van der Waals surface area contributed by atoms with Gasteiger partial charge in [0.15, 0.2) is 0 Å². The van der Waals surface area contributed by atoms with Gasteiger partial charge in [0.1, 0.15) is 17.6 Å². The molecule has 1 heterocycles. The summed E-state index contributed by atoms with van der Waals surface area (Å²) < 4.78 is 11.6. The van der Waals surface area contributed by atoms with E-state index in [9.17, 15) is 9.59 Å². The average Bonchev–Trinajstić information content (AvgIpc) is 3.05. The van der Waals surface area contributed by atoms with E-state index in [1.807, 2.05) is 39.0 Å². The number of benzene rings is 2. The Morgan fingerprint density at radius 2 is 2.10 bits per heavy atom. The molecule has 0 saturated heterocycles. The number of amides is 2. The molecule has 0 saturated carbocycles. The molecule has 1 aliphatic rings. The van der Waals surface area contributed by atoms with Crippen LogP contribution in [0.3, 0.4) is 0 Å². The first-order valence-electron chi connectivity index (χ1n) is 9.70. The predicted molar refractivity (Wildman–Crippen MR) is 114 cm³/mol. The zero-order chi connectivity index (χ0) is 21.0. The monoisotopic (exact) mass is 394 g/mol. The minimum Gasteiger partial charge on any atom is -0.493 e. The van der Waals surface area contributed by atoms with Crippen LogP contribution in [0.15, 0.2) is 36.4 Å². The molecule has 6 heteroatoms. The van der Waals surface area contributed by atoms with Crippen molar-refractivity contribution in [1.82, 2.24) is 5.32 Å². The van der Waals surface area contributed by atoms with Gasteiger partial charge in [-0.05, 0) is 50.6 Å². The SMILES string of the molecule is CCOc1cc2c(cc1/C=C/C(=O)Nc1cccc(C)c1C(=O)NC)OC(C)C2. The molecule has 1 unspecified atom stereocenters. The van der Waals surface area contributed by atoms with E-state index in [1.165, 1.54) is 6.08 Å². The Kier molecular flexibility index (Phi) is 6.22. The van der Waals surface area contributed by atoms with Crippen LogP contribution in [0.5, 0.6) is 11.5 Å². The van der Waals surface area contributed by atoms with Crippen LogP contribution < -0.4 is 20.1 Å². The molecule has 2 N–H and O–H groups in total. The van der Waals surface area contributed by atoms with Crippen LogP contribution in [-0.2, 0) is 11.2 Å². The molecule has 0 fully saturated rings. The van der Waals surface area contributed by atoms with Crippen molar-refractivity contribution in [2.75, 3.05) is 19.0 Å². The highest BCUT2D eigenvalue weighted by Crippen LogP contribution is 2.35. The highest BCUT2D eigenvalue weighted by atomic mass is 16.5. The number of nitrogens with one attached hydrogen (secondary N) is 2. The van der Waals surface area contributed by atoms with Crippen molar-refractivity contribution in [3.05, 3.63) is 58.7 Å². The number of hydrogen-bond donors (Lipinski definition) is 2. The van der Waals surface area contributed by atoms with Gasteiger partial charge in [-0.1, -0.05) is 12.1 Å². The van der Waals surface area contributed by atoms with Crippen molar-refractivity contribution < 1.29 is 19.1 Å². The van der Waals surface area contributed by atoms with Gasteiger partial charge in [-0.3, -0.25) is 9.59 Å². The number of ether oxygens (including phenoxy) is 2. The summed E-state index contributed by atoms with van der Waals surface area (Å²) in [5.74, 6) is 0.958. The van der Waals surface area contributed by atoms with E-state index in [4.69, 9.17) is 9.47 Å². The second-order valence-corrected chi connectivity index (χ2v) is 6.96. The number of rotatable bonds is 6. The molecule has 2 aromatic carbocycles. The average molecular weight is 394 g/mol. The fourth-order valence-electron chi connectivity index (χ4n) is 3.40. The quantitative estimate of drug-likeness (QED) is 0.732. The summed E-state index contributed by atoms with van der Waals surface area (Å²) in [4.78, 5) is 24.7. The summed E-state index contributed by atoms with van der Waals surface area (Å²) in [6.07, 6.45) is 4.10. The number of fused-ring (bicyclic) bond motifs is 1. The van der Waals surface area contributed by atoms with Gasteiger partial charge in [-0.15, -0.1) is 0 Å². The predicted octanol–water partition coefficient (Wildman–Crippen LogP) is 3.73. The maximum Gasteiger partial charge on any atom is 0.253 e. The number of hydrogen-bond acceptors (Lipinski definition) is 4. The molecule has 1 atom stereocenters. The van der Waals surface area contributed by atoms with E-state index in [-0.39, 0.29) is 17.9 Å². The van der Waals surface area contributed by atoms with E-state index < -0.39 is 0 Å². The van der Waals surface area contributed by atoms with Gasteiger partial charge in [0.05, 0.1) is 17.9 Å². The van der Waals surface area contributed by atoms with Crippen molar-refractivity contribution in [3.63, 3.8) is 0 Å². The third kappa shape index (κ3) is 4.59. The topological polar surface area (TPSA) is 76.7 Å². The molecule has 0 bridgehead atoms. The first-order chi connectivity index (χ1) is 13.9. The highest BCUT2D eigenvalue weighted by Gasteiger charge is 2.21. The van der Waals surface area contributed by atoms with Gasteiger partial charge in [0.25, 0.3) is 5.91 Å². The van der Waals surface area contributed by atoms with Crippen molar-refractivity contribution in [1.29, 1.82) is 0 Å². The lowest BCUT2D eigenvalue weighted by atomic mass is 10.1. The second-order valence-electron chi connectivity index (χ2n) is 6.96. The molecule has 1 aliphatic heterocycles. The van der Waals surface area contributed by atoms with Gasteiger partial charge in [0.2, 0.25) is 5.91 Å². The minimum absolute atomic E-state index is 0.131. The molecule has 3 rings (SSSR count). The summed E-state index contributed by atoms with van der Waals surface area (Å²) in [5.41, 5.74) is 3.58. The summed E-state index contributed by atoms with van der Waals surface area (Å²) in [7, 11) is 1.56. The van der Waals surface area contributed by atoms with Crippen LogP contribution in [0, 0.1) is 6.92 Å². The van der Waals surface area contributed by atoms with E-state index >= 15 is 0 Å². The molecule has 0 aliphatic carbocycles. The minimum atomic E-state index is -0.335. The molecule has 0 spiro atoms. The summed E-state index contributed by atoms with van der Waals surface area (Å²) in [5, 5.41) is 5.39. The Morgan fingerprint density at radius 1 is 1.31 bits per heavy atom. The lowest BCUT2D eigenvalue weighted by Gasteiger charge is -2.12. The molecular weight excluding hydrogens is 368 g/mol. The van der Waals surface area contributed by atoms with Gasteiger partial charge in [-0.25, -0.2) is 0 Å². The Balaban J connectivity index is 1.83. The highest BCUT2D eigenvalue weighted by molar-refractivity contribution is 6.08. The van der Waals surface area contributed by atoms with Crippen molar-refractivity contribution in [3.8, 4) is 11.5 Å². The van der Waals surface area contributed by atoms with Crippen LogP contribution in [0.2, 0.25) is 0 Å². The molecule has 0 aromatic heterocycles. The normalized spacial score (nSPS) is 15.0. The van der Waals surface area contributed by atoms with Crippen LogP contribution in [0.4, 0.5) is 5.69 Å². The van der Waals surface area contributed by atoms with Gasteiger partial charge >= 0.3 is 0 Å². The van der Waals surface area contributed by atoms with Crippen molar-refractivity contribution in [2.45, 2.75) is 33.3 Å². The van der Waals surface area contributed by atoms with Gasteiger partial charge in [0, 0.05) is 30.7 Å². The molecule has 152 valence electrons. The van der Waals surface area contributed by atoms with Crippen LogP contribution in [0.1, 0.15) is 40.9 Å². The second kappa shape index (κ2) is 8.82. The van der Waals surface area contributed by atoms with Crippen LogP contribution >= 0.6 is 0 Å². The smallest absolute Gasteiger partial charge is 0.253 e. The zero-order valence-corrected chi connectivity index (χ0v) is 17.2. The summed E-state index contributed by atoms with van der Waals surface area (Å²) in [6, 6.07) is 9.21. The Hall–Kier alpha value is -3.28. The third-order valence-corrected chi connectivity index (χ3v) is 4.73. The Labute approximate surface area is 170 Å². The zero-order valence-electron chi connectivity index (χ0n) is 17.2. The molecule has 6 nitrogen and oxygen atoms in total. The van der Waals surface area contributed by atoms with Gasteiger partial charge < -0.3 is 20.1 Å².